The second kappa shape index (κ2) is 10.4. The number of anilines is 1. The number of benzene rings is 2. The Bertz CT molecular complexity index is 1230. The molecule has 3 atom stereocenters. The lowest BCUT2D eigenvalue weighted by molar-refractivity contribution is -0.173. The van der Waals surface area contributed by atoms with Gasteiger partial charge in [-0.25, -0.2) is 4.68 Å². The van der Waals surface area contributed by atoms with Gasteiger partial charge in [-0.1, -0.05) is 42.5 Å². The maximum atomic E-state index is 14.2. The van der Waals surface area contributed by atoms with Crippen molar-refractivity contribution in [3.8, 4) is 11.5 Å². The van der Waals surface area contributed by atoms with Gasteiger partial charge < -0.3 is 20.1 Å². The van der Waals surface area contributed by atoms with Crippen molar-refractivity contribution in [2.24, 2.45) is 0 Å². The number of aromatic nitrogens is 2. The number of nitrogens with one attached hydrogen (secondary N) is 2. The van der Waals surface area contributed by atoms with Gasteiger partial charge in [0.15, 0.2) is 17.5 Å². The first-order chi connectivity index (χ1) is 16.9. The fourth-order valence-corrected chi connectivity index (χ4v) is 4.81. The maximum absolute atomic E-state index is 14.2. The largest absolute Gasteiger partial charge is 0.493 e. The molecule has 0 saturated heterocycles. The summed E-state index contributed by atoms with van der Waals surface area (Å²) in [5.74, 6) is 1.35. The molecule has 192 valence electrons. The van der Waals surface area contributed by atoms with Crippen LogP contribution in [0.1, 0.15) is 47.8 Å². The summed E-state index contributed by atoms with van der Waals surface area (Å²) in [5, 5.41) is 11.2. The third kappa shape index (κ3) is 5.03. The summed E-state index contributed by atoms with van der Waals surface area (Å²) < 4.78 is 54.2. The van der Waals surface area contributed by atoms with Gasteiger partial charge in [-0.2, -0.15) is 18.3 Å². The molecule has 2 aliphatic rings. The molecule has 0 bridgehead atoms. The number of methoxy groups -OCH3 is 2. The molecule has 2 aliphatic heterocycles. The first-order valence-corrected chi connectivity index (χ1v) is 11.5. The summed E-state index contributed by atoms with van der Waals surface area (Å²) in [4.78, 5) is 0. The van der Waals surface area contributed by atoms with E-state index in [4.69, 9.17) is 9.47 Å². The Morgan fingerprint density at radius 2 is 1.72 bits per heavy atom. The van der Waals surface area contributed by atoms with Crippen LogP contribution in [0.2, 0.25) is 0 Å². The molecule has 3 unspecified atom stereocenters. The summed E-state index contributed by atoms with van der Waals surface area (Å²) in [6, 6.07) is 14.6. The Morgan fingerprint density at radius 3 is 2.42 bits per heavy atom. The number of ether oxygens (including phenoxy) is 2. The van der Waals surface area contributed by atoms with E-state index in [1.165, 1.54) is 14.2 Å². The van der Waals surface area contributed by atoms with Crippen LogP contribution in [-0.4, -0.2) is 36.7 Å². The van der Waals surface area contributed by atoms with E-state index in [-0.39, 0.29) is 24.9 Å². The average molecular weight is 521 g/mol. The van der Waals surface area contributed by atoms with Crippen LogP contribution < -0.4 is 20.1 Å². The lowest BCUT2D eigenvalue weighted by Gasteiger charge is -2.33. The summed E-state index contributed by atoms with van der Waals surface area (Å²) >= 11 is 0. The predicted octanol–water partition coefficient (Wildman–Crippen LogP) is 6.10. The van der Waals surface area contributed by atoms with E-state index in [2.05, 4.69) is 21.8 Å². The van der Waals surface area contributed by atoms with Gasteiger partial charge in [0.25, 0.3) is 0 Å². The van der Waals surface area contributed by atoms with Crippen LogP contribution in [-0.2, 0) is 0 Å². The van der Waals surface area contributed by atoms with E-state index in [1.54, 1.807) is 24.3 Å². The van der Waals surface area contributed by atoms with Crippen LogP contribution in [0.15, 0.2) is 60.7 Å². The van der Waals surface area contributed by atoms with Crippen molar-refractivity contribution in [3.63, 3.8) is 0 Å². The van der Waals surface area contributed by atoms with Crippen molar-refractivity contribution in [2.45, 2.75) is 37.1 Å². The number of nitrogens with zero attached hydrogens (tertiary/aromatic N) is 2. The van der Waals surface area contributed by atoms with Crippen molar-refractivity contribution < 1.29 is 22.6 Å². The fraction of sp³-hybridized carbons (Fsp3) is 0.346. The third-order valence-corrected chi connectivity index (χ3v) is 6.61. The predicted molar refractivity (Wildman–Crippen MR) is 135 cm³/mol. The third-order valence-electron chi connectivity index (χ3n) is 6.61. The lowest BCUT2D eigenvalue weighted by Crippen LogP contribution is -2.35. The SMILES string of the molecule is COc1ccc(C2CC(C(F)(F)F)n3nc(C4=CC(c5ccccc5)NCC4)cc3N2)cc1OC.Cl. The molecule has 2 N–H and O–H groups in total. The van der Waals surface area contributed by atoms with E-state index >= 15 is 0 Å². The highest BCUT2D eigenvalue weighted by atomic mass is 35.5. The molecule has 5 rings (SSSR count). The van der Waals surface area contributed by atoms with Gasteiger partial charge >= 0.3 is 6.18 Å². The van der Waals surface area contributed by atoms with E-state index in [1.807, 2.05) is 30.3 Å². The zero-order valence-electron chi connectivity index (χ0n) is 19.9. The minimum Gasteiger partial charge on any atom is -0.493 e. The smallest absolute Gasteiger partial charge is 0.410 e. The van der Waals surface area contributed by atoms with Gasteiger partial charge in [0.2, 0.25) is 0 Å². The highest BCUT2D eigenvalue weighted by Gasteiger charge is 2.46. The molecule has 0 aliphatic carbocycles. The van der Waals surface area contributed by atoms with Gasteiger partial charge in [0.1, 0.15) is 5.82 Å². The maximum Gasteiger partial charge on any atom is 0.410 e. The van der Waals surface area contributed by atoms with Gasteiger partial charge in [0.05, 0.1) is 32.0 Å². The quantitative estimate of drug-likeness (QED) is 0.425. The fourth-order valence-electron chi connectivity index (χ4n) is 4.81. The van der Waals surface area contributed by atoms with E-state index in [0.29, 0.717) is 35.0 Å². The Kier molecular flexibility index (Phi) is 7.51. The Hall–Kier alpha value is -3.17. The number of rotatable bonds is 5. The van der Waals surface area contributed by atoms with Crippen molar-refractivity contribution in [1.29, 1.82) is 0 Å². The average Bonchev–Trinajstić information content (AvgIpc) is 3.32. The van der Waals surface area contributed by atoms with Gasteiger partial charge in [-0.15, -0.1) is 12.4 Å². The van der Waals surface area contributed by atoms with Crippen molar-refractivity contribution in [3.05, 3.63) is 77.5 Å². The minimum absolute atomic E-state index is 0. The summed E-state index contributed by atoms with van der Waals surface area (Å²) in [6.45, 7) is 0.720. The molecule has 0 saturated carbocycles. The number of fused-ring (bicyclic) bond motifs is 1. The van der Waals surface area contributed by atoms with Crippen molar-refractivity contribution in [1.82, 2.24) is 15.1 Å². The zero-order chi connectivity index (χ0) is 24.6. The molecule has 10 heteroatoms. The van der Waals surface area contributed by atoms with Crippen LogP contribution in [0.4, 0.5) is 19.0 Å². The first-order valence-electron chi connectivity index (χ1n) is 11.5. The molecule has 3 aromatic rings. The zero-order valence-corrected chi connectivity index (χ0v) is 20.7. The molecule has 36 heavy (non-hydrogen) atoms. The van der Waals surface area contributed by atoms with E-state index < -0.39 is 18.3 Å². The van der Waals surface area contributed by atoms with Crippen molar-refractivity contribution >= 4 is 23.8 Å². The van der Waals surface area contributed by atoms with Crippen LogP contribution in [0.25, 0.3) is 5.57 Å². The van der Waals surface area contributed by atoms with E-state index in [9.17, 15) is 13.2 Å². The standard InChI is InChI=1S/C26H27F3N4O2.ClH/c1-34-22-9-8-17(13-23(22)35-2)20-14-24(26(27,28)29)33-25(31-20)15-21(32-33)18-10-11-30-19(12-18)16-6-4-3-5-7-16;/h3-9,12-13,15,19-20,24,30-31H,10-11,14H2,1-2H3;1H. The molecule has 3 heterocycles. The number of halogens is 4. The second-order valence-electron chi connectivity index (χ2n) is 8.75. The molecular formula is C26H28ClF3N4O2. The van der Waals surface area contributed by atoms with Crippen LogP contribution in [0.5, 0.6) is 11.5 Å². The molecule has 0 amide bonds. The Balaban J connectivity index is 0.00000304. The van der Waals surface area contributed by atoms with Crippen LogP contribution in [0.3, 0.4) is 0 Å². The lowest BCUT2D eigenvalue weighted by atomic mass is 9.96. The molecular weight excluding hydrogens is 493 g/mol. The minimum atomic E-state index is -4.44. The summed E-state index contributed by atoms with van der Waals surface area (Å²) in [6.07, 6.45) is -1.87. The number of hydrogen-bond donors (Lipinski definition) is 2. The number of hydrogen-bond acceptors (Lipinski definition) is 5. The molecule has 0 fully saturated rings. The Morgan fingerprint density at radius 1 is 0.972 bits per heavy atom. The summed E-state index contributed by atoms with van der Waals surface area (Å²) in [7, 11) is 3.03. The molecule has 0 radical (unpaired) electrons. The highest BCUT2D eigenvalue weighted by molar-refractivity contribution is 5.85. The Labute approximate surface area is 213 Å². The normalized spacial score (nSPS) is 21.5. The number of alkyl halides is 3. The van der Waals surface area contributed by atoms with Gasteiger partial charge in [-0.3, -0.25) is 0 Å². The van der Waals surface area contributed by atoms with Gasteiger partial charge in [-0.05, 0) is 35.3 Å². The molecule has 0 spiro atoms. The van der Waals surface area contributed by atoms with Crippen molar-refractivity contribution in [2.75, 3.05) is 26.1 Å². The van der Waals surface area contributed by atoms with Gasteiger partial charge in [0, 0.05) is 19.0 Å². The first kappa shape index (κ1) is 25.9. The van der Waals surface area contributed by atoms with Crippen LogP contribution in [0, 0.1) is 0 Å². The molecule has 6 nitrogen and oxygen atoms in total. The van der Waals surface area contributed by atoms with Crippen LogP contribution >= 0.6 is 12.4 Å². The molecule has 1 aromatic heterocycles. The summed E-state index contributed by atoms with van der Waals surface area (Å²) in [5.41, 5.74) is 3.30. The van der Waals surface area contributed by atoms with E-state index in [0.717, 1.165) is 22.4 Å². The second-order valence-corrected chi connectivity index (χ2v) is 8.75. The highest BCUT2D eigenvalue weighted by Crippen LogP contribution is 2.45. The monoisotopic (exact) mass is 520 g/mol. The topological polar surface area (TPSA) is 60.3 Å². The molecule has 2 aromatic carbocycles.